The number of amides is 1. The molecule has 0 atom stereocenters. The van der Waals surface area contributed by atoms with Crippen LogP contribution in [0.1, 0.15) is 22.8 Å². The molecule has 0 spiro atoms. The smallest absolute Gasteiger partial charge is 0.252 e. The molecular formula is C14H16N4O2. The Hall–Kier alpha value is -2.63. The van der Waals surface area contributed by atoms with Gasteiger partial charge in [0.15, 0.2) is 0 Å². The zero-order valence-electron chi connectivity index (χ0n) is 11.4. The van der Waals surface area contributed by atoms with Gasteiger partial charge in [-0.25, -0.2) is 9.97 Å². The second-order valence-electron chi connectivity index (χ2n) is 4.15. The fourth-order valence-electron chi connectivity index (χ4n) is 1.75. The van der Waals surface area contributed by atoms with E-state index in [9.17, 15) is 4.79 Å². The van der Waals surface area contributed by atoms with Crippen molar-refractivity contribution in [2.24, 2.45) is 5.73 Å². The van der Waals surface area contributed by atoms with Gasteiger partial charge >= 0.3 is 0 Å². The summed E-state index contributed by atoms with van der Waals surface area (Å²) in [4.78, 5) is 19.6. The second-order valence-corrected chi connectivity index (χ2v) is 4.15. The SMILES string of the molecule is CCNc1ncnc(Oc2ccccc2C(N)=O)c1C. The maximum absolute atomic E-state index is 11.4. The third-order valence-corrected chi connectivity index (χ3v) is 2.74. The van der Waals surface area contributed by atoms with E-state index in [0.29, 0.717) is 23.0 Å². The predicted octanol–water partition coefficient (Wildman–Crippen LogP) is 2.11. The summed E-state index contributed by atoms with van der Waals surface area (Å²) in [5, 5.41) is 3.12. The Morgan fingerprint density at radius 1 is 1.35 bits per heavy atom. The number of primary amides is 1. The number of aromatic nitrogens is 2. The molecule has 2 aromatic rings. The van der Waals surface area contributed by atoms with E-state index in [-0.39, 0.29) is 0 Å². The molecule has 0 radical (unpaired) electrons. The normalized spacial score (nSPS) is 10.1. The second kappa shape index (κ2) is 6.01. The number of ether oxygens (including phenoxy) is 1. The van der Waals surface area contributed by atoms with Crippen LogP contribution in [0.5, 0.6) is 11.6 Å². The van der Waals surface area contributed by atoms with Gasteiger partial charge in [0.1, 0.15) is 17.9 Å². The van der Waals surface area contributed by atoms with Crippen molar-refractivity contribution in [3.63, 3.8) is 0 Å². The van der Waals surface area contributed by atoms with Crippen molar-refractivity contribution in [2.45, 2.75) is 13.8 Å². The summed E-state index contributed by atoms with van der Waals surface area (Å²) >= 11 is 0. The van der Waals surface area contributed by atoms with E-state index in [1.165, 1.54) is 6.33 Å². The fraction of sp³-hybridized carbons (Fsp3) is 0.214. The molecule has 0 saturated heterocycles. The average Bonchev–Trinajstić information content (AvgIpc) is 2.44. The molecule has 0 saturated carbocycles. The minimum atomic E-state index is -0.542. The maximum Gasteiger partial charge on any atom is 0.252 e. The average molecular weight is 272 g/mol. The van der Waals surface area contributed by atoms with Crippen molar-refractivity contribution < 1.29 is 9.53 Å². The Morgan fingerprint density at radius 2 is 2.10 bits per heavy atom. The van der Waals surface area contributed by atoms with Gasteiger partial charge in [-0.3, -0.25) is 4.79 Å². The fourth-order valence-corrected chi connectivity index (χ4v) is 1.75. The largest absolute Gasteiger partial charge is 0.438 e. The summed E-state index contributed by atoms with van der Waals surface area (Å²) in [5.74, 6) is 0.933. The van der Waals surface area contributed by atoms with Gasteiger partial charge in [-0.05, 0) is 26.0 Å². The first-order valence-electron chi connectivity index (χ1n) is 6.25. The molecule has 0 bridgehead atoms. The quantitative estimate of drug-likeness (QED) is 0.870. The van der Waals surface area contributed by atoms with Gasteiger partial charge < -0.3 is 15.8 Å². The molecular weight excluding hydrogens is 256 g/mol. The lowest BCUT2D eigenvalue weighted by molar-refractivity contribution is 0.0998. The van der Waals surface area contributed by atoms with Gasteiger partial charge in [0.2, 0.25) is 5.88 Å². The number of carbonyl (C=O) groups is 1. The van der Waals surface area contributed by atoms with Gasteiger partial charge in [0.05, 0.1) is 11.1 Å². The van der Waals surface area contributed by atoms with E-state index in [0.717, 1.165) is 12.1 Å². The highest BCUT2D eigenvalue weighted by atomic mass is 16.5. The van der Waals surface area contributed by atoms with Crippen LogP contribution < -0.4 is 15.8 Å². The Bertz CT molecular complexity index is 628. The molecule has 1 aromatic heterocycles. The molecule has 3 N–H and O–H groups in total. The number of hydrogen-bond donors (Lipinski definition) is 2. The van der Waals surface area contributed by atoms with Crippen molar-refractivity contribution in [3.05, 3.63) is 41.7 Å². The van der Waals surface area contributed by atoms with Gasteiger partial charge in [-0.1, -0.05) is 12.1 Å². The Labute approximate surface area is 117 Å². The van der Waals surface area contributed by atoms with Gasteiger partial charge in [-0.2, -0.15) is 0 Å². The standard InChI is InChI=1S/C14H16N4O2/c1-3-16-13-9(2)14(18-8-17-13)20-11-7-5-4-6-10(11)12(15)19/h4-8H,3H2,1-2H3,(H2,15,19)(H,16,17,18). The number of nitrogens with two attached hydrogens (primary N) is 1. The first kappa shape index (κ1) is 13.8. The number of nitrogens with zero attached hydrogens (tertiary/aromatic N) is 2. The molecule has 6 heteroatoms. The van der Waals surface area contributed by atoms with E-state index >= 15 is 0 Å². The Balaban J connectivity index is 2.36. The molecule has 104 valence electrons. The van der Waals surface area contributed by atoms with E-state index < -0.39 is 5.91 Å². The number of carbonyl (C=O) groups excluding carboxylic acids is 1. The van der Waals surface area contributed by atoms with Gasteiger partial charge in [0.25, 0.3) is 5.91 Å². The zero-order chi connectivity index (χ0) is 14.5. The first-order chi connectivity index (χ1) is 9.63. The van der Waals surface area contributed by atoms with Gasteiger partial charge in [0, 0.05) is 6.54 Å². The third kappa shape index (κ3) is 2.85. The third-order valence-electron chi connectivity index (χ3n) is 2.74. The highest BCUT2D eigenvalue weighted by molar-refractivity contribution is 5.95. The molecule has 1 amide bonds. The van der Waals surface area contributed by atoms with E-state index in [2.05, 4.69) is 15.3 Å². The lowest BCUT2D eigenvalue weighted by Crippen LogP contribution is -2.12. The molecule has 0 aliphatic rings. The molecule has 0 fully saturated rings. The molecule has 0 unspecified atom stereocenters. The van der Waals surface area contributed by atoms with Crippen LogP contribution in [-0.2, 0) is 0 Å². The summed E-state index contributed by atoms with van der Waals surface area (Å²) in [6.45, 7) is 4.57. The van der Waals surface area contributed by atoms with Crippen molar-refractivity contribution >= 4 is 11.7 Å². The molecule has 1 heterocycles. The van der Waals surface area contributed by atoms with Crippen LogP contribution in [0, 0.1) is 6.92 Å². The topological polar surface area (TPSA) is 90.1 Å². The van der Waals surface area contributed by atoms with Crippen molar-refractivity contribution in [1.29, 1.82) is 0 Å². The van der Waals surface area contributed by atoms with Crippen LogP contribution in [0.4, 0.5) is 5.82 Å². The van der Waals surface area contributed by atoms with Crippen LogP contribution in [0.3, 0.4) is 0 Å². The maximum atomic E-state index is 11.4. The number of anilines is 1. The van der Waals surface area contributed by atoms with Crippen LogP contribution in [0.15, 0.2) is 30.6 Å². The molecule has 2 rings (SSSR count). The lowest BCUT2D eigenvalue weighted by Gasteiger charge is -2.12. The minimum Gasteiger partial charge on any atom is -0.438 e. The van der Waals surface area contributed by atoms with E-state index in [1.54, 1.807) is 24.3 Å². The minimum absolute atomic E-state index is 0.315. The van der Waals surface area contributed by atoms with Gasteiger partial charge in [-0.15, -0.1) is 0 Å². The van der Waals surface area contributed by atoms with Crippen LogP contribution in [0.2, 0.25) is 0 Å². The number of hydrogen-bond acceptors (Lipinski definition) is 5. The molecule has 6 nitrogen and oxygen atoms in total. The highest BCUT2D eigenvalue weighted by Gasteiger charge is 2.13. The molecule has 0 aliphatic heterocycles. The zero-order valence-corrected chi connectivity index (χ0v) is 11.4. The predicted molar refractivity (Wildman–Crippen MR) is 76.0 cm³/mol. The Morgan fingerprint density at radius 3 is 2.80 bits per heavy atom. The van der Waals surface area contributed by atoms with E-state index in [1.807, 2.05) is 13.8 Å². The summed E-state index contributed by atoms with van der Waals surface area (Å²) in [6, 6.07) is 6.78. The first-order valence-corrected chi connectivity index (χ1v) is 6.25. The number of para-hydroxylation sites is 1. The number of benzene rings is 1. The summed E-state index contributed by atoms with van der Waals surface area (Å²) < 4.78 is 5.70. The van der Waals surface area contributed by atoms with Crippen LogP contribution in [0.25, 0.3) is 0 Å². The van der Waals surface area contributed by atoms with Crippen LogP contribution in [-0.4, -0.2) is 22.4 Å². The summed E-state index contributed by atoms with van der Waals surface area (Å²) in [7, 11) is 0. The Kier molecular flexibility index (Phi) is 4.14. The van der Waals surface area contributed by atoms with Crippen LogP contribution >= 0.6 is 0 Å². The monoisotopic (exact) mass is 272 g/mol. The van der Waals surface area contributed by atoms with Crippen molar-refractivity contribution in [3.8, 4) is 11.6 Å². The molecule has 0 aliphatic carbocycles. The summed E-state index contributed by atoms with van der Waals surface area (Å²) in [5.41, 5.74) is 6.41. The lowest BCUT2D eigenvalue weighted by atomic mass is 10.2. The van der Waals surface area contributed by atoms with Crippen molar-refractivity contribution in [1.82, 2.24) is 9.97 Å². The number of nitrogens with one attached hydrogen (secondary N) is 1. The molecule has 1 aromatic carbocycles. The summed E-state index contributed by atoms with van der Waals surface area (Å²) in [6.07, 6.45) is 1.41. The number of rotatable bonds is 5. The van der Waals surface area contributed by atoms with Crippen molar-refractivity contribution in [2.75, 3.05) is 11.9 Å². The highest BCUT2D eigenvalue weighted by Crippen LogP contribution is 2.28. The molecule has 20 heavy (non-hydrogen) atoms. The van der Waals surface area contributed by atoms with E-state index in [4.69, 9.17) is 10.5 Å².